The summed E-state index contributed by atoms with van der Waals surface area (Å²) in [5.74, 6) is 1.74. The van der Waals surface area contributed by atoms with Gasteiger partial charge >= 0.3 is 34.7 Å². The van der Waals surface area contributed by atoms with Crippen LogP contribution in [0.1, 0.15) is 22.5 Å². The van der Waals surface area contributed by atoms with E-state index in [1.807, 2.05) is 76.5 Å². The van der Waals surface area contributed by atoms with E-state index in [-0.39, 0.29) is 0 Å². The molecule has 6 nitrogen and oxygen atoms in total. The zero-order valence-corrected chi connectivity index (χ0v) is 20.6. The van der Waals surface area contributed by atoms with Gasteiger partial charge in [0.15, 0.2) is 11.6 Å². The molecular weight excluding hydrogens is 585 g/mol. The topological polar surface area (TPSA) is 61.4 Å². The van der Waals surface area contributed by atoms with Gasteiger partial charge in [-0.05, 0) is 75.2 Å². The van der Waals surface area contributed by atoms with Crippen LogP contribution in [-0.4, -0.2) is 29.5 Å². The molecule has 4 aromatic heterocycles. The van der Waals surface area contributed by atoms with E-state index in [0.717, 1.165) is 23.0 Å². The second kappa shape index (κ2) is 11.8. The number of hydrogen-bond acceptors (Lipinski definition) is 4. The van der Waals surface area contributed by atoms with Crippen LogP contribution in [0.15, 0.2) is 61.2 Å². The fourth-order valence-electron chi connectivity index (χ4n) is 2.38. The molecule has 0 N–H and O–H groups in total. The molecule has 0 radical (unpaired) electrons. The van der Waals surface area contributed by atoms with Crippen LogP contribution in [0.3, 0.4) is 0 Å². The molecular formula is C20H22Cl2N6Os. The van der Waals surface area contributed by atoms with Crippen LogP contribution in [0, 0.1) is 27.7 Å². The Kier molecular flexibility index (Phi) is 9.46. The summed E-state index contributed by atoms with van der Waals surface area (Å²) in [5, 5.41) is 8.55. The van der Waals surface area contributed by atoms with Crippen molar-refractivity contribution in [1.82, 2.24) is 29.5 Å². The van der Waals surface area contributed by atoms with Crippen molar-refractivity contribution in [3.63, 3.8) is 0 Å². The van der Waals surface area contributed by atoms with E-state index in [4.69, 9.17) is 19.3 Å². The van der Waals surface area contributed by atoms with E-state index in [2.05, 4.69) is 20.2 Å². The molecule has 0 aromatic carbocycles. The summed E-state index contributed by atoms with van der Waals surface area (Å²) in [7, 11) is 9.81. The van der Waals surface area contributed by atoms with Crippen molar-refractivity contribution in [3.8, 4) is 11.6 Å². The third-order valence-corrected chi connectivity index (χ3v) is 3.72. The molecule has 9 heteroatoms. The second-order valence-corrected chi connectivity index (χ2v) is 9.91. The first kappa shape index (κ1) is 23.2. The van der Waals surface area contributed by atoms with Gasteiger partial charge in [0.25, 0.3) is 0 Å². The quantitative estimate of drug-likeness (QED) is 0.317. The molecule has 0 saturated carbocycles. The molecule has 29 heavy (non-hydrogen) atoms. The van der Waals surface area contributed by atoms with Crippen molar-refractivity contribution in [1.29, 1.82) is 0 Å². The van der Waals surface area contributed by atoms with Crippen molar-refractivity contribution < 1.29 is 15.4 Å². The summed E-state index contributed by atoms with van der Waals surface area (Å²) in [6, 6.07) is 11.9. The average molecular weight is 608 g/mol. The Hall–Kier alpha value is -2.06. The number of aryl methyl sites for hydroxylation is 4. The molecule has 0 bridgehead atoms. The van der Waals surface area contributed by atoms with Crippen molar-refractivity contribution in [2.45, 2.75) is 27.7 Å². The number of hydrogen-bond donors (Lipinski definition) is 0. The first-order valence-electron chi connectivity index (χ1n) is 8.68. The molecule has 0 spiro atoms. The molecule has 0 atom stereocenters. The molecule has 4 rings (SSSR count). The molecule has 0 saturated heterocycles. The normalized spacial score (nSPS) is 10.0. The van der Waals surface area contributed by atoms with Crippen molar-refractivity contribution in [2.75, 3.05) is 0 Å². The Bertz CT molecular complexity index is 949. The van der Waals surface area contributed by atoms with Crippen LogP contribution in [0.25, 0.3) is 11.6 Å². The SMILES string of the molecule is Cc1ccnc(-n2ccc(C)n2)c1.Cc1ccnc(-n2ccc(C)n2)c1.[Cl][Os][Cl]. The minimum atomic E-state index is -0.639. The number of rotatable bonds is 2. The van der Waals surface area contributed by atoms with E-state index >= 15 is 0 Å². The van der Waals surface area contributed by atoms with Gasteiger partial charge in [-0.3, -0.25) is 0 Å². The van der Waals surface area contributed by atoms with Gasteiger partial charge in [0.05, 0.1) is 11.4 Å². The van der Waals surface area contributed by atoms with Crippen molar-refractivity contribution in [2.24, 2.45) is 0 Å². The summed E-state index contributed by atoms with van der Waals surface area (Å²) in [5.41, 5.74) is 4.39. The van der Waals surface area contributed by atoms with Gasteiger partial charge in [-0.15, -0.1) is 0 Å². The molecule has 4 heterocycles. The van der Waals surface area contributed by atoms with Gasteiger partial charge in [-0.1, -0.05) is 0 Å². The third kappa shape index (κ3) is 7.70. The van der Waals surface area contributed by atoms with Gasteiger partial charge in [0.2, 0.25) is 0 Å². The van der Waals surface area contributed by atoms with Crippen molar-refractivity contribution >= 4 is 19.3 Å². The number of aromatic nitrogens is 6. The Morgan fingerprint density at radius 1 is 0.690 bits per heavy atom. The van der Waals surface area contributed by atoms with Crippen LogP contribution in [0.5, 0.6) is 0 Å². The van der Waals surface area contributed by atoms with Crippen LogP contribution < -0.4 is 0 Å². The first-order chi connectivity index (χ1) is 13.9. The Morgan fingerprint density at radius 2 is 1.07 bits per heavy atom. The van der Waals surface area contributed by atoms with E-state index in [0.29, 0.717) is 0 Å². The van der Waals surface area contributed by atoms with Crippen LogP contribution in [-0.2, 0) is 15.4 Å². The molecule has 0 aliphatic carbocycles. The zero-order chi connectivity index (χ0) is 21.2. The maximum absolute atomic E-state index is 4.90. The van der Waals surface area contributed by atoms with Crippen LogP contribution in [0.2, 0.25) is 0 Å². The standard InChI is InChI=1S/2C10H11N3.2ClH.Os/c2*1-8-3-5-11-10(7-8)13-6-4-9(2)12-13;;;/h2*3-7H,1-2H3;2*1H;/q;;;;+2/p-2. The average Bonchev–Trinajstić information content (AvgIpc) is 3.31. The van der Waals surface area contributed by atoms with Gasteiger partial charge in [-0.25, -0.2) is 19.3 Å². The van der Waals surface area contributed by atoms with E-state index in [1.54, 1.807) is 21.8 Å². The van der Waals surface area contributed by atoms with E-state index in [9.17, 15) is 0 Å². The van der Waals surface area contributed by atoms with Crippen LogP contribution in [0.4, 0.5) is 0 Å². The number of nitrogens with zero attached hydrogens (tertiary/aromatic N) is 6. The summed E-state index contributed by atoms with van der Waals surface area (Å²) in [6.45, 7) is 8.02. The molecule has 0 aliphatic heterocycles. The van der Waals surface area contributed by atoms with Gasteiger partial charge in [-0.2, -0.15) is 10.2 Å². The molecule has 0 amide bonds. The van der Waals surface area contributed by atoms with Gasteiger partial charge in [0.1, 0.15) is 0 Å². The van der Waals surface area contributed by atoms with Gasteiger partial charge < -0.3 is 0 Å². The fourth-order valence-corrected chi connectivity index (χ4v) is 2.38. The Morgan fingerprint density at radius 3 is 1.34 bits per heavy atom. The predicted octanol–water partition coefficient (Wildman–Crippen LogP) is 5.14. The number of pyridine rings is 2. The first-order valence-corrected chi connectivity index (χ1v) is 15.0. The van der Waals surface area contributed by atoms with Gasteiger partial charge in [0, 0.05) is 24.8 Å². The molecule has 0 unspecified atom stereocenters. The molecule has 0 fully saturated rings. The summed E-state index contributed by atoms with van der Waals surface area (Å²) >= 11 is -0.639. The van der Waals surface area contributed by atoms with Crippen molar-refractivity contribution in [3.05, 3.63) is 83.7 Å². The maximum atomic E-state index is 4.90. The third-order valence-electron chi connectivity index (χ3n) is 3.72. The Labute approximate surface area is 186 Å². The number of halogens is 2. The summed E-state index contributed by atoms with van der Waals surface area (Å²) in [4.78, 5) is 8.45. The monoisotopic (exact) mass is 608 g/mol. The second-order valence-electron chi connectivity index (χ2n) is 6.24. The van der Waals surface area contributed by atoms with E-state index in [1.165, 1.54) is 11.1 Å². The molecule has 154 valence electrons. The molecule has 4 aromatic rings. The van der Waals surface area contributed by atoms with E-state index < -0.39 is 15.4 Å². The predicted molar refractivity (Wildman–Crippen MR) is 113 cm³/mol. The Balaban J connectivity index is 0.000000183. The minimum absolute atomic E-state index is 0.639. The summed E-state index contributed by atoms with van der Waals surface area (Å²) < 4.78 is 3.56. The summed E-state index contributed by atoms with van der Waals surface area (Å²) in [6.07, 6.45) is 7.41. The molecule has 0 aliphatic rings. The zero-order valence-electron chi connectivity index (χ0n) is 16.6. The fraction of sp³-hybridized carbons (Fsp3) is 0.200. The van der Waals surface area contributed by atoms with Crippen LogP contribution >= 0.6 is 19.3 Å².